The van der Waals surface area contributed by atoms with Crippen LogP contribution in [-0.2, 0) is 9.59 Å². The van der Waals surface area contributed by atoms with Crippen LogP contribution in [0.2, 0.25) is 0 Å². The van der Waals surface area contributed by atoms with Crippen molar-refractivity contribution in [2.24, 2.45) is 5.92 Å². The molecule has 1 N–H and O–H groups in total. The number of hydrogen-bond acceptors (Lipinski definition) is 4. The number of carbonyl (C=O) groups excluding carboxylic acids is 2. The summed E-state index contributed by atoms with van der Waals surface area (Å²) in [5.74, 6) is 0.203. The van der Waals surface area contributed by atoms with E-state index in [1.165, 1.54) is 0 Å². The Bertz CT molecular complexity index is 716. The van der Waals surface area contributed by atoms with Crippen molar-refractivity contribution >= 4 is 23.2 Å². The van der Waals surface area contributed by atoms with Crippen molar-refractivity contribution in [2.75, 3.05) is 23.4 Å². The fourth-order valence-electron chi connectivity index (χ4n) is 2.70. The van der Waals surface area contributed by atoms with Crippen molar-refractivity contribution in [2.45, 2.75) is 13.3 Å². The second-order valence-electron chi connectivity index (χ2n) is 5.56. The number of aromatic nitrogens is 1. The standard InChI is InChI=1S/C18H19N3O3/c1-2-24-16-5-3-15(4-6-16)21-12-13(11-17(21)22)18(23)20-14-7-9-19-10-8-14/h3-10,13H,2,11-12H2,1H3,(H,19,20,23)/t13-/m0/s1. The van der Waals surface area contributed by atoms with Gasteiger partial charge in [-0.15, -0.1) is 0 Å². The first kappa shape index (κ1) is 16.0. The van der Waals surface area contributed by atoms with Gasteiger partial charge in [0.1, 0.15) is 5.75 Å². The predicted octanol–water partition coefficient (Wildman–Crippen LogP) is 2.47. The molecule has 2 heterocycles. The Morgan fingerprint density at radius 1 is 1.25 bits per heavy atom. The largest absolute Gasteiger partial charge is 0.494 e. The molecule has 0 aliphatic carbocycles. The Hall–Kier alpha value is -2.89. The summed E-state index contributed by atoms with van der Waals surface area (Å²) in [5.41, 5.74) is 1.46. The molecule has 1 aromatic carbocycles. The van der Waals surface area contributed by atoms with Crippen molar-refractivity contribution in [3.63, 3.8) is 0 Å². The molecule has 0 radical (unpaired) electrons. The highest BCUT2D eigenvalue weighted by atomic mass is 16.5. The molecule has 1 fully saturated rings. The molecule has 1 atom stereocenters. The number of anilines is 2. The predicted molar refractivity (Wildman–Crippen MR) is 90.9 cm³/mol. The molecule has 0 spiro atoms. The minimum Gasteiger partial charge on any atom is -0.494 e. The van der Waals surface area contributed by atoms with Crippen molar-refractivity contribution < 1.29 is 14.3 Å². The summed E-state index contributed by atoms with van der Waals surface area (Å²) in [6.07, 6.45) is 3.44. The number of amides is 2. The summed E-state index contributed by atoms with van der Waals surface area (Å²) in [6, 6.07) is 10.8. The average Bonchev–Trinajstić information content (AvgIpc) is 2.99. The molecule has 2 amide bonds. The maximum atomic E-state index is 12.3. The molecule has 24 heavy (non-hydrogen) atoms. The highest BCUT2D eigenvalue weighted by Crippen LogP contribution is 2.27. The smallest absolute Gasteiger partial charge is 0.229 e. The second-order valence-corrected chi connectivity index (χ2v) is 5.56. The molecule has 2 aromatic rings. The van der Waals surface area contributed by atoms with Crippen LogP contribution in [0.1, 0.15) is 13.3 Å². The minimum atomic E-state index is -0.364. The van der Waals surface area contributed by atoms with Crippen molar-refractivity contribution in [3.05, 3.63) is 48.8 Å². The number of carbonyl (C=O) groups is 2. The summed E-state index contributed by atoms with van der Waals surface area (Å²) < 4.78 is 5.40. The SMILES string of the molecule is CCOc1ccc(N2C[C@@H](C(=O)Nc3ccncc3)CC2=O)cc1. The van der Waals surface area contributed by atoms with Crippen LogP contribution in [0.5, 0.6) is 5.75 Å². The van der Waals surface area contributed by atoms with E-state index >= 15 is 0 Å². The first-order valence-corrected chi connectivity index (χ1v) is 7.91. The maximum absolute atomic E-state index is 12.3. The lowest BCUT2D eigenvalue weighted by Crippen LogP contribution is -2.28. The Morgan fingerprint density at radius 3 is 2.62 bits per heavy atom. The van der Waals surface area contributed by atoms with E-state index < -0.39 is 0 Å². The first-order valence-electron chi connectivity index (χ1n) is 7.91. The van der Waals surface area contributed by atoms with Crippen LogP contribution in [-0.4, -0.2) is 29.9 Å². The van der Waals surface area contributed by atoms with Gasteiger partial charge in [-0.25, -0.2) is 0 Å². The summed E-state index contributed by atoms with van der Waals surface area (Å²) >= 11 is 0. The molecular weight excluding hydrogens is 306 g/mol. The molecule has 1 aliphatic rings. The van der Waals surface area contributed by atoms with Gasteiger partial charge in [0.15, 0.2) is 0 Å². The highest BCUT2D eigenvalue weighted by molar-refractivity contribution is 6.03. The number of hydrogen-bond donors (Lipinski definition) is 1. The third-order valence-corrected chi connectivity index (χ3v) is 3.90. The molecule has 0 unspecified atom stereocenters. The van der Waals surface area contributed by atoms with Crippen molar-refractivity contribution in [1.82, 2.24) is 4.98 Å². The van der Waals surface area contributed by atoms with Crippen LogP contribution < -0.4 is 15.0 Å². The summed E-state index contributed by atoms with van der Waals surface area (Å²) in [7, 11) is 0. The highest BCUT2D eigenvalue weighted by Gasteiger charge is 2.35. The van der Waals surface area contributed by atoms with Gasteiger partial charge in [0.25, 0.3) is 0 Å². The third kappa shape index (κ3) is 3.53. The molecule has 6 nitrogen and oxygen atoms in total. The monoisotopic (exact) mass is 325 g/mol. The summed E-state index contributed by atoms with van der Waals surface area (Å²) in [4.78, 5) is 30.2. The van der Waals surface area contributed by atoms with Crippen LogP contribution in [0.3, 0.4) is 0 Å². The van der Waals surface area contributed by atoms with E-state index in [9.17, 15) is 9.59 Å². The molecule has 1 aliphatic heterocycles. The van der Waals surface area contributed by atoms with Gasteiger partial charge in [-0.3, -0.25) is 14.6 Å². The van der Waals surface area contributed by atoms with Crippen LogP contribution in [0.4, 0.5) is 11.4 Å². The number of ether oxygens (including phenoxy) is 1. The summed E-state index contributed by atoms with van der Waals surface area (Å²) in [5, 5.41) is 2.82. The van der Waals surface area contributed by atoms with Gasteiger partial charge in [-0.1, -0.05) is 0 Å². The molecule has 3 rings (SSSR count). The first-order chi connectivity index (χ1) is 11.7. The zero-order valence-electron chi connectivity index (χ0n) is 13.4. The fraction of sp³-hybridized carbons (Fsp3) is 0.278. The van der Waals surface area contributed by atoms with Crippen LogP contribution in [0.25, 0.3) is 0 Å². The zero-order chi connectivity index (χ0) is 16.9. The Labute approximate surface area is 140 Å². The van der Waals surface area contributed by atoms with Crippen LogP contribution in [0.15, 0.2) is 48.8 Å². The topological polar surface area (TPSA) is 71.5 Å². The van der Waals surface area contributed by atoms with E-state index in [2.05, 4.69) is 10.3 Å². The van der Waals surface area contributed by atoms with Crippen LogP contribution in [0, 0.1) is 5.92 Å². The molecular formula is C18H19N3O3. The quantitative estimate of drug-likeness (QED) is 0.917. The van der Waals surface area contributed by atoms with Gasteiger partial charge in [0.2, 0.25) is 11.8 Å². The van der Waals surface area contributed by atoms with E-state index in [0.29, 0.717) is 18.8 Å². The number of benzene rings is 1. The van der Waals surface area contributed by atoms with Gasteiger partial charge in [0.05, 0.1) is 12.5 Å². The van der Waals surface area contributed by atoms with Gasteiger partial charge in [-0.2, -0.15) is 0 Å². The van der Waals surface area contributed by atoms with E-state index in [1.807, 2.05) is 31.2 Å². The Kier molecular flexibility index (Phi) is 4.74. The molecule has 0 bridgehead atoms. The lowest BCUT2D eigenvalue weighted by Gasteiger charge is -2.17. The second kappa shape index (κ2) is 7.12. The van der Waals surface area contributed by atoms with Gasteiger partial charge < -0.3 is 15.0 Å². The zero-order valence-corrected chi connectivity index (χ0v) is 13.4. The van der Waals surface area contributed by atoms with E-state index in [4.69, 9.17) is 4.74 Å². The van der Waals surface area contributed by atoms with Gasteiger partial charge in [0, 0.05) is 36.7 Å². The van der Waals surface area contributed by atoms with Crippen molar-refractivity contribution in [3.8, 4) is 5.75 Å². The van der Waals surface area contributed by atoms with E-state index in [1.54, 1.807) is 29.4 Å². The molecule has 6 heteroatoms. The lowest BCUT2D eigenvalue weighted by atomic mass is 10.1. The molecule has 1 saturated heterocycles. The van der Waals surface area contributed by atoms with Gasteiger partial charge >= 0.3 is 0 Å². The summed E-state index contributed by atoms with van der Waals surface area (Å²) in [6.45, 7) is 2.90. The minimum absolute atomic E-state index is 0.0472. The number of pyridine rings is 1. The maximum Gasteiger partial charge on any atom is 0.229 e. The fourth-order valence-corrected chi connectivity index (χ4v) is 2.70. The molecule has 124 valence electrons. The number of nitrogens with one attached hydrogen (secondary N) is 1. The van der Waals surface area contributed by atoms with E-state index in [-0.39, 0.29) is 24.2 Å². The number of rotatable bonds is 5. The number of nitrogens with zero attached hydrogens (tertiary/aromatic N) is 2. The molecule has 1 aromatic heterocycles. The molecule has 0 saturated carbocycles. The average molecular weight is 325 g/mol. The lowest BCUT2D eigenvalue weighted by molar-refractivity contribution is -0.122. The Morgan fingerprint density at radius 2 is 1.96 bits per heavy atom. The Balaban J connectivity index is 1.65. The van der Waals surface area contributed by atoms with Crippen molar-refractivity contribution in [1.29, 1.82) is 0 Å². The van der Waals surface area contributed by atoms with Crippen LogP contribution >= 0.6 is 0 Å². The normalized spacial score (nSPS) is 17.0. The van der Waals surface area contributed by atoms with Gasteiger partial charge in [-0.05, 0) is 43.3 Å². The third-order valence-electron chi connectivity index (χ3n) is 3.90. The van der Waals surface area contributed by atoms with E-state index in [0.717, 1.165) is 11.4 Å².